The molecule has 3 aromatic rings. The number of methoxy groups -OCH3 is 1. The van der Waals surface area contributed by atoms with Crippen molar-refractivity contribution in [1.82, 2.24) is 14.9 Å². The Bertz CT molecular complexity index is 1530. The summed E-state index contributed by atoms with van der Waals surface area (Å²) in [5.74, 6) is -1.57. The van der Waals surface area contributed by atoms with E-state index in [0.29, 0.717) is 41.3 Å². The number of ether oxygens (including phenoxy) is 2. The fourth-order valence-corrected chi connectivity index (χ4v) is 5.01. The molecule has 2 aliphatic rings. The summed E-state index contributed by atoms with van der Waals surface area (Å²) in [4.78, 5) is 46.7. The van der Waals surface area contributed by atoms with Crippen LogP contribution in [-0.2, 0) is 14.3 Å². The number of anilines is 2. The number of aromatic amines is 1. The molecule has 0 spiro atoms. The summed E-state index contributed by atoms with van der Waals surface area (Å²) in [5, 5.41) is 5.19. The summed E-state index contributed by atoms with van der Waals surface area (Å²) >= 11 is 5.84. The predicted octanol–water partition coefficient (Wildman–Crippen LogP) is 6.49. The van der Waals surface area contributed by atoms with Gasteiger partial charge in [-0.1, -0.05) is 23.8 Å². The van der Waals surface area contributed by atoms with Gasteiger partial charge in [0.05, 0.1) is 41.3 Å². The molecular weight excluding hydrogens is 560 g/mol. The summed E-state index contributed by atoms with van der Waals surface area (Å²) in [5.41, 5.74) is 1.63. The third kappa shape index (κ3) is 6.02. The Balaban J connectivity index is 1.44. The molecule has 2 bridgehead atoms. The molecule has 2 atom stereocenters. The van der Waals surface area contributed by atoms with Gasteiger partial charge in [0, 0.05) is 30.6 Å². The lowest BCUT2D eigenvalue weighted by molar-refractivity contribution is -0.116. The monoisotopic (exact) mass is 585 g/mol. The number of imidazole rings is 1. The van der Waals surface area contributed by atoms with Crippen LogP contribution < -0.4 is 10.6 Å². The van der Waals surface area contributed by atoms with E-state index in [9.17, 15) is 23.2 Å². The number of rotatable bonds is 3. The zero-order chi connectivity index (χ0) is 29.1. The summed E-state index contributed by atoms with van der Waals surface area (Å²) in [6, 6.07) is 6.52. The second-order valence-corrected chi connectivity index (χ2v) is 9.89. The predicted molar refractivity (Wildman–Crippen MR) is 146 cm³/mol. The Kier molecular flexibility index (Phi) is 8.20. The van der Waals surface area contributed by atoms with Crippen LogP contribution in [0, 0.1) is 11.6 Å². The summed E-state index contributed by atoms with van der Waals surface area (Å²) in [7, 11) is 1.25. The van der Waals surface area contributed by atoms with E-state index in [-0.39, 0.29) is 35.9 Å². The van der Waals surface area contributed by atoms with Gasteiger partial charge in [0.2, 0.25) is 5.91 Å². The highest BCUT2D eigenvalue weighted by Gasteiger charge is 2.37. The van der Waals surface area contributed by atoms with Crippen LogP contribution in [0.1, 0.15) is 49.2 Å². The van der Waals surface area contributed by atoms with Crippen LogP contribution in [0.3, 0.4) is 0 Å². The molecule has 1 aromatic heterocycles. The number of hydrogen-bond acceptors (Lipinski definition) is 6. The molecule has 0 saturated carbocycles. The number of benzene rings is 2. The Morgan fingerprint density at radius 1 is 1.22 bits per heavy atom. The van der Waals surface area contributed by atoms with Crippen LogP contribution in [0.15, 0.2) is 48.7 Å². The number of carbonyl (C=O) groups is 3. The van der Waals surface area contributed by atoms with Crippen LogP contribution >= 0.6 is 11.6 Å². The number of H-pyrrole nitrogens is 1. The van der Waals surface area contributed by atoms with E-state index >= 15 is 0 Å². The third-order valence-electron chi connectivity index (χ3n) is 6.88. The Morgan fingerprint density at radius 2 is 2.05 bits per heavy atom. The van der Waals surface area contributed by atoms with E-state index in [0.717, 1.165) is 12.1 Å². The minimum Gasteiger partial charge on any atom is -0.453 e. The standard InChI is InChI=1S/C28H26ClF2N5O5/c1-40-27(38)33-15-7-8-16-19(13-15)34-23(37)6-4-2-3-5-21(26-32-14-20(16)35-26)36-12-11-22(41-28(36)39)24-18(30)10-9-17(29)25(24)31/h2-3,7-10,13-14,21-22H,4-6,11-12H2,1H3,(H,32,35)(H,33,38)(H,34,37). The largest absolute Gasteiger partial charge is 0.453 e. The molecule has 2 unspecified atom stereocenters. The van der Waals surface area contributed by atoms with Crippen LogP contribution in [0.25, 0.3) is 11.3 Å². The maximum Gasteiger partial charge on any atom is 0.411 e. The first kappa shape index (κ1) is 28.1. The second kappa shape index (κ2) is 12.0. The van der Waals surface area contributed by atoms with Crippen molar-refractivity contribution < 1.29 is 32.6 Å². The maximum atomic E-state index is 14.6. The van der Waals surface area contributed by atoms with E-state index in [1.165, 1.54) is 12.0 Å². The number of hydrogen-bond donors (Lipinski definition) is 3. The van der Waals surface area contributed by atoms with E-state index in [4.69, 9.17) is 16.3 Å². The van der Waals surface area contributed by atoms with E-state index in [2.05, 4.69) is 25.3 Å². The average Bonchev–Trinajstić information content (AvgIpc) is 3.43. The van der Waals surface area contributed by atoms with E-state index in [1.807, 2.05) is 12.2 Å². The topological polar surface area (TPSA) is 126 Å². The van der Waals surface area contributed by atoms with Crippen LogP contribution in [-0.4, -0.2) is 46.6 Å². The first-order valence-corrected chi connectivity index (χ1v) is 13.2. The zero-order valence-electron chi connectivity index (χ0n) is 21.9. The molecule has 1 fully saturated rings. The van der Waals surface area contributed by atoms with E-state index in [1.54, 1.807) is 24.4 Å². The molecule has 13 heteroatoms. The molecule has 3 amide bonds. The fourth-order valence-electron chi connectivity index (χ4n) is 4.85. The Morgan fingerprint density at radius 3 is 2.83 bits per heavy atom. The summed E-state index contributed by atoms with van der Waals surface area (Å²) < 4.78 is 39.2. The minimum atomic E-state index is -1.13. The number of aromatic nitrogens is 2. The number of allylic oxidation sites excluding steroid dienone is 1. The van der Waals surface area contributed by atoms with Crippen molar-refractivity contribution >= 4 is 41.1 Å². The first-order chi connectivity index (χ1) is 19.7. The molecule has 41 heavy (non-hydrogen) atoms. The lowest BCUT2D eigenvalue weighted by Crippen LogP contribution is -2.42. The lowest BCUT2D eigenvalue weighted by atomic mass is 10.0. The van der Waals surface area contributed by atoms with Crippen molar-refractivity contribution in [3.05, 3.63) is 76.7 Å². The molecule has 2 aliphatic heterocycles. The molecule has 1 saturated heterocycles. The quantitative estimate of drug-likeness (QED) is 0.238. The van der Waals surface area contributed by atoms with Gasteiger partial charge < -0.3 is 19.8 Å². The van der Waals surface area contributed by atoms with Crippen molar-refractivity contribution in [2.75, 3.05) is 24.3 Å². The molecule has 0 radical (unpaired) electrons. The van der Waals surface area contributed by atoms with Gasteiger partial charge in [-0.2, -0.15) is 0 Å². The van der Waals surface area contributed by atoms with Gasteiger partial charge in [-0.05, 0) is 43.2 Å². The van der Waals surface area contributed by atoms with Crippen molar-refractivity contribution in [2.45, 2.75) is 37.8 Å². The zero-order valence-corrected chi connectivity index (χ0v) is 22.6. The van der Waals surface area contributed by atoms with Crippen LogP contribution in [0.2, 0.25) is 5.02 Å². The molecule has 3 heterocycles. The smallest absolute Gasteiger partial charge is 0.411 e. The number of carbonyl (C=O) groups excluding carboxylic acids is 3. The number of halogens is 3. The van der Waals surface area contributed by atoms with Gasteiger partial charge in [0.1, 0.15) is 17.7 Å². The molecule has 2 aromatic carbocycles. The SMILES string of the molecule is COC(=O)Nc1ccc2c(c1)NC(=O)CCC=CCC(N1CCC(c3c(F)ccc(Cl)c3F)OC1=O)c1ncc-2[nH]1. The summed E-state index contributed by atoms with van der Waals surface area (Å²) in [6.45, 7) is 0.141. The van der Waals surface area contributed by atoms with Gasteiger partial charge >= 0.3 is 12.2 Å². The fraction of sp³-hybridized carbons (Fsp3) is 0.286. The molecule has 5 rings (SSSR count). The second-order valence-electron chi connectivity index (χ2n) is 9.48. The van der Waals surface area contributed by atoms with Gasteiger partial charge in [0.15, 0.2) is 5.82 Å². The molecular formula is C28H26ClF2N5O5. The van der Waals surface area contributed by atoms with Crippen LogP contribution in [0.4, 0.5) is 29.7 Å². The van der Waals surface area contributed by atoms with Crippen LogP contribution in [0.5, 0.6) is 0 Å². The van der Waals surface area contributed by atoms with Crippen molar-refractivity contribution in [3.8, 4) is 11.3 Å². The molecule has 3 N–H and O–H groups in total. The van der Waals surface area contributed by atoms with Gasteiger partial charge in [0.25, 0.3) is 0 Å². The molecule has 0 aliphatic carbocycles. The summed E-state index contributed by atoms with van der Waals surface area (Å²) in [6.07, 6.45) is 3.83. The highest BCUT2D eigenvalue weighted by atomic mass is 35.5. The highest BCUT2D eigenvalue weighted by Crippen LogP contribution is 2.38. The van der Waals surface area contributed by atoms with Gasteiger partial charge in [-0.15, -0.1) is 0 Å². The number of nitrogens with zero attached hydrogens (tertiary/aromatic N) is 2. The average molecular weight is 586 g/mol. The normalized spacial score (nSPS) is 19.2. The number of amides is 3. The first-order valence-electron chi connectivity index (χ1n) is 12.8. The van der Waals surface area contributed by atoms with E-state index < -0.39 is 36.0 Å². The highest BCUT2D eigenvalue weighted by molar-refractivity contribution is 6.30. The molecule has 10 nitrogen and oxygen atoms in total. The lowest BCUT2D eigenvalue weighted by Gasteiger charge is -2.36. The maximum absolute atomic E-state index is 14.6. The number of cyclic esters (lactones) is 1. The Hall–Kier alpha value is -4.45. The number of nitrogens with one attached hydrogen (secondary N) is 3. The minimum absolute atomic E-state index is 0.130. The van der Waals surface area contributed by atoms with Gasteiger partial charge in [-0.25, -0.2) is 23.4 Å². The van der Waals surface area contributed by atoms with Crippen molar-refractivity contribution in [3.63, 3.8) is 0 Å². The Labute approximate surface area is 238 Å². The number of fused-ring (bicyclic) bond motifs is 4. The third-order valence-corrected chi connectivity index (χ3v) is 7.17. The van der Waals surface area contributed by atoms with Crippen molar-refractivity contribution in [2.24, 2.45) is 0 Å². The molecule has 214 valence electrons. The van der Waals surface area contributed by atoms with Crippen molar-refractivity contribution in [1.29, 1.82) is 0 Å². The van der Waals surface area contributed by atoms with Gasteiger partial charge in [-0.3, -0.25) is 15.0 Å².